The van der Waals surface area contributed by atoms with E-state index in [1.165, 1.54) is 50.1 Å². The molecule has 0 atom stereocenters. The van der Waals surface area contributed by atoms with Crippen molar-refractivity contribution in [3.05, 3.63) is 54.3 Å². The lowest BCUT2D eigenvalue weighted by molar-refractivity contribution is -0.127. The molecule has 4 rings (SSSR count). The van der Waals surface area contributed by atoms with E-state index < -0.39 is 10.0 Å². The van der Waals surface area contributed by atoms with Crippen molar-refractivity contribution in [2.75, 3.05) is 32.9 Å². The maximum Gasteiger partial charge on any atom is 0.242 e. The van der Waals surface area contributed by atoms with Crippen LogP contribution in [0.4, 0.5) is 4.39 Å². The lowest BCUT2D eigenvalue weighted by Crippen LogP contribution is -2.29. The van der Waals surface area contributed by atoms with Crippen LogP contribution in [0.5, 0.6) is 0 Å². The first-order valence-electron chi connectivity index (χ1n) is 10.4. The second-order valence-electron chi connectivity index (χ2n) is 7.81. The van der Waals surface area contributed by atoms with Gasteiger partial charge >= 0.3 is 0 Å². The zero-order valence-electron chi connectivity index (χ0n) is 18.3. The summed E-state index contributed by atoms with van der Waals surface area (Å²) in [5.74, 6) is 0.250. The van der Waals surface area contributed by atoms with Gasteiger partial charge in [0.2, 0.25) is 15.9 Å². The number of carbonyl (C=O) groups excluding carboxylic acids is 1. The van der Waals surface area contributed by atoms with Gasteiger partial charge in [0.1, 0.15) is 5.82 Å². The summed E-state index contributed by atoms with van der Waals surface area (Å²) in [5, 5.41) is 9.03. The highest BCUT2D eigenvalue weighted by Crippen LogP contribution is 2.30. The van der Waals surface area contributed by atoms with Gasteiger partial charge < -0.3 is 4.90 Å². The molecule has 2 aromatic carbocycles. The zero-order valence-corrected chi connectivity index (χ0v) is 19.9. The van der Waals surface area contributed by atoms with E-state index in [0.29, 0.717) is 22.2 Å². The van der Waals surface area contributed by atoms with Gasteiger partial charge in [-0.1, -0.05) is 23.9 Å². The molecule has 1 aliphatic rings. The van der Waals surface area contributed by atoms with E-state index in [9.17, 15) is 17.6 Å². The number of benzene rings is 2. The molecule has 0 spiro atoms. The molecule has 1 amide bonds. The summed E-state index contributed by atoms with van der Waals surface area (Å²) in [6.07, 6.45) is 2.02. The minimum Gasteiger partial charge on any atom is -0.342 e. The molecule has 8 nitrogen and oxygen atoms in total. The quantitative estimate of drug-likeness (QED) is 0.474. The standard InChI is InChI=1S/C22H24FN5O3S2/c1-26(2)33(30,31)19-7-5-6-16(14-19)21-24-25-22(28(21)18-10-8-17(23)9-11-18)32-15-20(29)27-12-3-4-13-27/h5-11,14H,3-4,12-13,15H2,1-2H3. The van der Waals surface area contributed by atoms with Crippen LogP contribution >= 0.6 is 11.8 Å². The number of likely N-dealkylation sites (tertiary alicyclic amines) is 1. The number of rotatable bonds is 7. The number of thioether (sulfide) groups is 1. The molecule has 11 heteroatoms. The first-order valence-corrected chi connectivity index (χ1v) is 12.8. The van der Waals surface area contributed by atoms with Crippen LogP contribution in [0.1, 0.15) is 12.8 Å². The Morgan fingerprint density at radius 2 is 1.79 bits per heavy atom. The molecule has 1 aromatic heterocycles. The van der Waals surface area contributed by atoms with Crippen molar-refractivity contribution in [1.29, 1.82) is 0 Å². The molecule has 33 heavy (non-hydrogen) atoms. The first-order chi connectivity index (χ1) is 15.8. The molecule has 0 bridgehead atoms. The third kappa shape index (κ3) is 4.94. The lowest BCUT2D eigenvalue weighted by atomic mass is 10.2. The van der Waals surface area contributed by atoms with Crippen molar-refractivity contribution in [3.63, 3.8) is 0 Å². The molecule has 0 aliphatic carbocycles. The van der Waals surface area contributed by atoms with E-state index in [1.807, 2.05) is 4.90 Å². The predicted octanol–water partition coefficient (Wildman–Crippen LogP) is 3.04. The zero-order chi connectivity index (χ0) is 23.6. The van der Waals surface area contributed by atoms with Crippen molar-refractivity contribution in [3.8, 4) is 17.1 Å². The Balaban J connectivity index is 1.73. The average molecular weight is 490 g/mol. The predicted molar refractivity (Wildman–Crippen MR) is 124 cm³/mol. The van der Waals surface area contributed by atoms with Crippen molar-refractivity contribution >= 4 is 27.7 Å². The van der Waals surface area contributed by atoms with Crippen LogP contribution < -0.4 is 0 Å². The number of hydrogen-bond donors (Lipinski definition) is 0. The fourth-order valence-corrected chi connectivity index (χ4v) is 5.37. The second kappa shape index (κ2) is 9.62. The van der Waals surface area contributed by atoms with Crippen LogP contribution in [0.15, 0.2) is 58.6 Å². The molecular weight excluding hydrogens is 465 g/mol. The van der Waals surface area contributed by atoms with Gasteiger partial charge in [0.15, 0.2) is 11.0 Å². The van der Waals surface area contributed by atoms with Gasteiger partial charge in [-0.3, -0.25) is 9.36 Å². The Bertz CT molecular complexity index is 1250. The molecule has 0 unspecified atom stereocenters. The van der Waals surface area contributed by atoms with E-state index in [0.717, 1.165) is 30.2 Å². The van der Waals surface area contributed by atoms with Gasteiger partial charge in [-0.2, -0.15) is 0 Å². The molecule has 0 radical (unpaired) electrons. The molecule has 3 aromatic rings. The number of sulfonamides is 1. The summed E-state index contributed by atoms with van der Waals surface area (Å²) in [6.45, 7) is 1.53. The maximum atomic E-state index is 13.6. The lowest BCUT2D eigenvalue weighted by Gasteiger charge is -2.15. The van der Waals surface area contributed by atoms with E-state index in [2.05, 4.69) is 10.2 Å². The topological polar surface area (TPSA) is 88.4 Å². The van der Waals surface area contributed by atoms with Crippen LogP contribution in [0.2, 0.25) is 0 Å². The number of amides is 1. The third-order valence-corrected chi connectivity index (χ3v) is 8.10. The highest BCUT2D eigenvalue weighted by molar-refractivity contribution is 7.99. The Hall–Kier alpha value is -2.76. The Kier molecular flexibility index (Phi) is 6.82. The smallest absolute Gasteiger partial charge is 0.242 e. The van der Waals surface area contributed by atoms with Gasteiger partial charge in [-0.05, 0) is 49.2 Å². The first kappa shape index (κ1) is 23.4. The normalized spacial score (nSPS) is 14.2. The van der Waals surface area contributed by atoms with Crippen LogP contribution in [-0.2, 0) is 14.8 Å². The van der Waals surface area contributed by atoms with Crippen molar-refractivity contribution in [1.82, 2.24) is 24.0 Å². The molecule has 1 saturated heterocycles. The summed E-state index contributed by atoms with van der Waals surface area (Å²) in [7, 11) is -0.709. The van der Waals surface area contributed by atoms with Crippen molar-refractivity contribution in [2.24, 2.45) is 0 Å². The summed E-state index contributed by atoms with van der Waals surface area (Å²) in [4.78, 5) is 14.5. The Morgan fingerprint density at radius 1 is 1.09 bits per heavy atom. The number of halogens is 1. The molecule has 0 N–H and O–H groups in total. The summed E-state index contributed by atoms with van der Waals surface area (Å²) < 4.78 is 41.6. The second-order valence-corrected chi connectivity index (χ2v) is 10.9. The molecule has 2 heterocycles. The number of hydrogen-bond acceptors (Lipinski definition) is 6. The molecular formula is C22H24FN5O3S2. The average Bonchev–Trinajstić information content (AvgIpc) is 3.48. The van der Waals surface area contributed by atoms with Crippen LogP contribution in [-0.4, -0.2) is 71.2 Å². The highest BCUT2D eigenvalue weighted by Gasteiger charge is 2.23. The van der Waals surface area contributed by atoms with Gasteiger partial charge in [-0.25, -0.2) is 17.1 Å². The summed E-state index contributed by atoms with van der Waals surface area (Å²) in [5.41, 5.74) is 1.14. The minimum absolute atomic E-state index is 0.0341. The molecule has 1 fully saturated rings. The number of carbonyl (C=O) groups is 1. The van der Waals surface area contributed by atoms with E-state index in [4.69, 9.17) is 0 Å². The van der Waals surface area contributed by atoms with E-state index >= 15 is 0 Å². The van der Waals surface area contributed by atoms with E-state index in [1.54, 1.807) is 28.8 Å². The largest absolute Gasteiger partial charge is 0.342 e. The van der Waals surface area contributed by atoms with Crippen LogP contribution in [0, 0.1) is 5.82 Å². The SMILES string of the molecule is CN(C)S(=O)(=O)c1cccc(-c2nnc(SCC(=O)N3CCCC3)n2-c2ccc(F)cc2)c1. The number of aromatic nitrogens is 3. The molecule has 0 saturated carbocycles. The summed E-state index contributed by atoms with van der Waals surface area (Å²) >= 11 is 1.25. The van der Waals surface area contributed by atoms with Crippen LogP contribution in [0.3, 0.4) is 0 Å². The highest BCUT2D eigenvalue weighted by atomic mass is 32.2. The van der Waals surface area contributed by atoms with Crippen molar-refractivity contribution in [2.45, 2.75) is 22.9 Å². The monoisotopic (exact) mass is 489 g/mol. The fraction of sp³-hybridized carbons (Fsp3) is 0.318. The van der Waals surface area contributed by atoms with Gasteiger partial charge in [-0.15, -0.1) is 10.2 Å². The van der Waals surface area contributed by atoms with Gasteiger partial charge in [0.25, 0.3) is 0 Å². The molecule has 1 aliphatic heterocycles. The van der Waals surface area contributed by atoms with Gasteiger partial charge in [0.05, 0.1) is 10.6 Å². The maximum absolute atomic E-state index is 13.6. The number of nitrogens with zero attached hydrogens (tertiary/aromatic N) is 5. The third-order valence-electron chi connectivity index (χ3n) is 5.37. The van der Waals surface area contributed by atoms with E-state index in [-0.39, 0.29) is 22.4 Å². The summed E-state index contributed by atoms with van der Waals surface area (Å²) in [6, 6.07) is 12.3. The van der Waals surface area contributed by atoms with Gasteiger partial charge in [0, 0.05) is 38.4 Å². The minimum atomic E-state index is -3.64. The Morgan fingerprint density at radius 3 is 2.45 bits per heavy atom. The Labute approximate surface area is 196 Å². The molecule has 174 valence electrons. The van der Waals surface area contributed by atoms with Crippen molar-refractivity contribution < 1.29 is 17.6 Å². The fourth-order valence-electron chi connectivity index (χ4n) is 3.56. The van der Waals surface area contributed by atoms with Crippen LogP contribution in [0.25, 0.3) is 17.1 Å².